The molecule has 0 unspecified atom stereocenters. The Hall–Kier alpha value is -1.10. The quantitative estimate of drug-likeness (QED) is 0.738. The predicted molar refractivity (Wildman–Crippen MR) is 80.7 cm³/mol. The van der Waals surface area contributed by atoms with Gasteiger partial charge in [0.1, 0.15) is 0 Å². The molecule has 4 rings (SSSR count). The summed E-state index contributed by atoms with van der Waals surface area (Å²) in [6, 6.07) is -0.0920. The minimum Gasteiger partial charge on any atom is -0.341 e. The normalized spacial score (nSPS) is 38.1. The van der Waals surface area contributed by atoms with Gasteiger partial charge in [0.25, 0.3) is 0 Å². The molecule has 0 saturated heterocycles. The van der Waals surface area contributed by atoms with Crippen LogP contribution in [0.25, 0.3) is 0 Å². The van der Waals surface area contributed by atoms with Gasteiger partial charge < -0.3 is 10.6 Å². The van der Waals surface area contributed by atoms with Crippen LogP contribution in [0.3, 0.4) is 0 Å². The molecule has 0 aromatic carbocycles. The molecular formula is C16H27N3O2. The average Bonchev–Trinajstić information content (AvgIpc) is 2.43. The Morgan fingerprint density at radius 1 is 1.10 bits per heavy atom. The maximum absolute atomic E-state index is 11.7. The molecule has 4 saturated carbocycles. The number of hydrogen-bond acceptors (Lipinski definition) is 3. The molecule has 21 heavy (non-hydrogen) atoms. The molecule has 0 spiro atoms. The van der Waals surface area contributed by atoms with E-state index in [1.54, 1.807) is 0 Å². The smallest absolute Gasteiger partial charge is 0.321 e. The first kappa shape index (κ1) is 14.8. The van der Waals surface area contributed by atoms with Crippen molar-refractivity contribution >= 4 is 11.9 Å². The summed E-state index contributed by atoms with van der Waals surface area (Å²) in [7, 11) is 1.51. The Morgan fingerprint density at radius 3 is 2.10 bits per heavy atom. The molecule has 3 amide bonds. The van der Waals surface area contributed by atoms with Crippen LogP contribution in [-0.4, -0.2) is 31.6 Å². The summed E-state index contributed by atoms with van der Waals surface area (Å²) in [5, 5.41) is 8.08. The minimum atomic E-state index is -0.441. The molecular weight excluding hydrogens is 266 g/mol. The number of rotatable bonds is 4. The molecule has 4 aliphatic rings. The lowest BCUT2D eigenvalue weighted by atomic mass is 9.48. The Labute approximate surface area is 126 Å². The highest BCUT2D eigenvalue weighted by molar-refractivity contribution is 5.95. The van der Waals surface area contributed by atoms with Crippen LogP contribution in [0.4, 0.5) is 4.79 Å². The second-order valence-electron chi connectivity index (χ2n) is 7.51. The van der Waals surface area contributed by atoms with E-state index in [0.29, 0.717) is 11.5 Å². The molecule has 4 fully saturated rings. The van der Waals surface area contributed by atoms with Gasteiger partial charge in [0.2, 0.25) is 5.91 Å². The number of hydrogen-bond donors (Lipinski definition) is 3. The SMILES string of the molecule is CNC(=O)NC(=O)CN[C@H](C)C12CC3CC(CC(C3)C1)C2. The first-order valence-electron chi connectivity index (χ1n) is 8.25. The van der Waals surface area contributed by atoms with Gasteiger partial charge in [-0.3, -0.25) is 10.1 Å². The first-order valence-corrected chi connectivity index (χ1v) is 8.25. The van der Waals surface area contributed by atoms with Crippen LogP contribution >= 0.6 is 0 Å². The van der Waals surface area contributed by atoms with E-state index in [-0.39, 0.29) is 12.5 Å². The molecule has 4 bridgehead atoms. The fourth-order valence-electron chi connectivity index (χ4n) is 5.40. The third kappa shape index (κ3) is 2.93. The number of amides is 3. The van der Waals surface area contributed by atoms with E-state index in [1.165, 1.54) is 45.6 Å². The van der Waals surface area contributed by atoms with Gasteiger partial charge in [-0.15, -0.1) is 0 Å². The van der Waals surface area contributed by atoms with Crippen molar-refractivity contribution in [3.8, 4) is 0 Å². The van der Waals surface area contributed by atoms with Crippen LogP contribution in [0, 0.1) is 23.2 Å². The van der Waals surface area contributed by atoms with Crippen molar-refractivity contribution < 1.29 is 9.59 Å². The highest BCUT2D eigenvalue weighted by Crippen LogP contribution is 2.61. The lowest BCUT2D eigenvalue weighted by Gasteiger charge is -2.59. The van der Waals surface area contributed by atoms with Gasteiger partial charge in [-0.2, -0.15) is 0 Å². The van der Waals surface area contributed by atoms with Crippen LogP contribution in [-0.2, 0) is 4.79 Å². The molecule has 1 atom stereocenters. The van der Waals surface area contributed by atoms with Gasteiger partial charge >= 0.3 is 6.03 Å². The Kier molecular flexibility index (Phi) is 3.95. The van der Waals surface area contributed by atoms with Crippen molar-refractivity contribution in [2.24, 2.45) is 23.2 Å². The molecule has 0 heterocycles. The first-order chi connectivity index (χ1) is 10.0. The maximum Gasteiger partial charge on any atom is 0.321 e. The van der Waals surface area contributed by atoms with Crippen molar-refractivity contribution in [1.29, 1.82) is 0 Å². The third-order valence-electron chi connectivity index (χ3n) is 6.05. The minimum absolute atomic E-state index is 0.219. The van der Waals surface area contributed by atoms with Crippen LogP contribution < -0.4 is 16.0 Å². The Morgan fingerprint density at radius 2 is 1.62 bits per heavy atom. The van der Waals surface area contributed by atoms with Crippen LogP contribution in [0.15, 0.2) is 0 Å². The predicted octanol–water partition coefficient (Wildman–Crippen LogP) is 1.64. The van der Waals surface area contributed by atoms with E-state index in [4.69, 9.17) is 0 Å². The molecule has 0 aliphatic heterocycles. The summed E-state index contributed by atoms with van der Waals surface area (Å²) in [4.78, 5) is 22.8. The largest absolute Gasteiger partial charge is 0.341 e. The highest BCUT2D eigenvalue weighted by atomic mass is 16.2. The van der Waals surface area contributed by atoms with Gasteiger partial charge in [0.15, 0.2) is 0 Å². The second kappa shape index (κ2) is 5.59. The van der Waals surface area contributed by atoms with E-state index in [9.17, 15) is 9.59 Å². The summed E-state index contributed by atoms with van der Waals surface area (Å²) in [6.45, 7) is 2.44. The van der Waals surface area contributed by atoms with Gasteiger partial charge in [-0.25, -0.2) is 4.79 Å². The van der Waals surface area contributed by atoms with Gasteiger partial charge in [0.05, 0.1) is 6.54 Å². The lowest BCUT2D eigenvalue weighted by Crippen LogP contribution is -2.56. The van der Waals surface area contributed by atoms with Crippen molar-refractivity contribution in [3.63, 3.8) is 0 Å². The third-order valence-corrected chi connectivity index (χ3v) is 6.05. The summed E-state index contributed by atoms with van der Waals surface area (Å²) < 4.78 is 0. The number of imide groups is 1. The molecule has 4 aliphatic carbocycles. The van der Waals surface area contributed by atoms with Crippen molar-refractivity contribution in [1.82, 2.24) is 16.0 Å². The molecule has 0 aromatic rings. The summed E-state index contributed by atoms with van der Waals surface area (Å²) in [6.07, 6.45) is 8.27. The topological polar surface area (TPSA) is 70.2 Å². The molecule has 3 N–H and O–H groups in total. The molecule has 5 nitrogen and oxygen atoms in total. The van der Waals surface area contributed by atoms with E-state index in [0.717, 1.165) is 17.8 Å². The van der Waals surface area contributed by atoms with E-state index >= 15 is 0 Å². The Bertz CT molecular complexity index is 400. The maximum atomic E-state index is 11.7. The molecule has 0 radical (unpaired) electrons. The van der Waals surface area contributed by atoms with Crippen molar-refractivity contribution in [2.45, 2.75) is 51.5 Å². The summed E-state index contributed by atoms with van der Waals surface area (Å²) in [5.41, 5.74) is 0.391. The zero-order chi connectivity index (χ0) is 15.0. The molecule has 0 aromatic heterocycles. The number of urea groups is 1. The highest BCUT2D eigenvalue weighted by Gasteiger charge is 2.52. The zero-order valence-corrected chi connectivity index (χ0v) is 13.1. The number of nitrogens with one attached hydrogen (secondary N) is 3. The van der Waals surface area contributed by atoms with Crippen molar-refractivity contribution in [2.75, 3.05) is 13.6 Å². The number of carbonyl (C=O) groups is 2. The van der Waals surface area contributed by atoms with E-state index in [2.05, 4.69) is 22.9 Å². The van der Waals surface area contributed by atoms with Crippen LogP contribution in [0.2, 0.25) is 0 Å². The monoisotopic (exact) mass is 293 g/mol. The standard InChI is InChI=1S/C16H27N3O2/c1-10(18-9-14(20)19-15(21)17-2)16-6-11-3-12(7-16)5-13(4-11)8-16/h10-13,18H,3-9H2,1-2H3,(H2,17,19,20,21)/t10-,11?,12?,13?,16?/m1/s1. The van der Waals surface area contributed by atoms with Crippen molar-refractivity contribution in [3.05, 3.63) is 0 Å². The fraction of sp³-hybridized carbons (Fsp3) is 0.875. The average molecular weight is 293 g/mol. The summed E-state index contributed by atoms with van der Waals surface area (Å²) in [5.74, 6) is 2.49. The Balaban J connectivity index is 1.54. The summed E-state index contributed by atoms with van der Waals surface area (Å²) >= 11 is 0. The van der Waals surface area contributed by atoms with Crippen LogP contribution in [0.1, 0.15) is 45.4 Å². The number of carbonyl (C=O) groups excluding carboxylic acids is 2. The van der Waals surface area contributed by atoms with E-state index < -0.39 is 6.03 Å². The van der Waals surface area contributed by atoms with Crippen LogP contribution in [0.5, 0.6) is 0 Å². The molecule has 5 heteroatoms. The fourth-order valence-corrected chi connectivity index (χ4v) is 5.40. The van der Waals surface area contributed by atoms with Gasteiger partial charge in [0, 0.05) is 13.1 Å². The zero-order valence-electron chi connectivity index (χ0n) is 13.1. The van der Waals surface area contributed by atoms with Gasteiger partial charge in [-0.1, -0.05) is 0 Å². The molecule has 118 valence electrons. The second-order valence-corrected chi connectivity index (χ2v) is 7.51. The lowest BCUT2D eigenvalue weighted by molar-refractivity contribution is -0.120. The van der Waals surface area contributed by atoms with Gasteiger partial charge in [-0.05, 0) is 68.6 Å². The van der Waals surface area contributed by atoms with E-state index in [1.807, 2.05) is 0 Å².